The minimum absolute atomic E-state index is 0.179. The van der Waals surface area contributed by atoms with Crippen molar-refractivity contribution in [2.24, 2.45) is 5.73 Å². The van der Waals surface area contributed by atoms with Gasteiger partial charge >= 0.3 is 6.03 Å². The van der Waals surface area contributed by atoms with Gasteiger partial charge in [0.05, 0.1) is 5.69 Å². The van der Waals surface area contributed by atoms with Gasteiger partial charge in [-0.1, -0.05) is 23.7 Å². The van der Waals surface area contributed by atoms with Crippen LogP contribution in [-0.4, -0.2) is 42.2 Å². The zero-order valence-corrected chi connectivity index (χ0v) is 16.9. The lowest BCUT2D eigenvalue weighted by Gasteiger charge is -2.36. The van der Waals surface area contributed by atoms with Crippen molar-refractivity contribution in [3.63, 3.8) is 0 Å². The van der Waals surface area contributed by atoms with Crippen LogP contribution in [0.15, 0.2) is 42.5 Å². The quantitative estimate of drug-likeness (QED) is 0.718. The molecule has 1 heterocycles. The summed E-state index contributed by atoms with van der Waals surface area (Å²) in [5.74, 6) is -0.402. The molecule has 3 amide bonds. The number of alkyl halides is 1. The van der Waals surface area contributed by atoms with Gasteiger partial charge in [-0.2, -0.15) is 0 Å². The number of nitrogens with zero attached hydrogens (tertiary/aromatic N) is 1. The van der Waals surface area contributed by atoms with Gasteiger partial charge in [0.2, 0.25) is 0 Å². The van der Waals surface area contributed by atoms with Crippen LogP contribution in [0.2, 0.25) is 5.02 Å². The second-order valence-electron chi connectivity index (χ2n) is 7.25. The summed E-state index contributed by atoms with van der Waals surface area (Å²) in [7, 11) is 0. The Kier molecular flexibility index (Phi) is 6.77. The first kappa shape index (κ1) is 21.8. The number of primary amides is 1. The van der Waals surface area contributed by atoms with Gasteiger partial charge in [-0.15, -0.1) is 0 Å². The number of carbonyl (C=O) groups excluding carboxylic acids is 2. The van der Waals surface area contributed by atoms with Crippen LogP contribution >= 0.6 is 11.6 Å². The Balaban J connectivity index is 1.53. The number of rotatable bonds is 6. The number of benzene rings is 2. The second-order valence-corrected chi connectivity index (χ2v) is 7.69. The summed E-state index contributed by atoms with van der Waals surface area (Å²) in [6.07, 6.45) is 0.551. The highest BCUT2D eigenvalue weighted by molar-refractivity contribution is 6.31. The Morgan fingerprint density at radius 1 is 1.17 bits per heavy atom. The van der Waals surface area contributed by atoms with Crippen LogP contribution in [-0.2, 0) is 11.2 Å². The van der Waals surface area contributed by atoms with E-state index in [0.29, 0.717) is 5.02 Å². The van der Waals surface area contributed by atoms with Gasteiger partial charge in [-0.25, -0.2) is 13.6 Å². The molecule has 1 fully saturated rings. The molecule has 2 aromatic rings. The number of halogens is 3. The molecule has 30 heavy (non-hydrogen) atoms. The van der Waals surface area contributed by atoms with E-state index >= 15 is 4.39 Å². The van der Waals surface area contributed by atoms with Gasteiger partial charge < -0.3 is 20.7 Å². The third kappa shape index (κ3) is 5.82. The van der Waals surface area contributed by atoms with E-state index in [2.05, 4.69) is 5.32 Å². The zero-order chi connectivity index (χ0) is 21.7. The Labute approximate surface area is 177 Å². The van der Waals surface area contributed by atoms with Crippen molar-refractivity contribution in [1.29, 1.82) is 0 Å². The van der Waals surface area contributed by atoms with Crippen LogP contribution < -0.4 is 15.8 Å². The lowest BCUT2D eigenvalue weighted by atomic mass is 9.87. The monoisotopic (exact) mass is 437 g/mol. The van der Waals surface area contributed by atoms with E-state index in [0.717, 1.165) is 5.56 Å². The number of ether oxygens (including phenoxy) is 1. The number of nitrogens with two attached hydrogens (primary N) is 1. The molecule has 0 atom stereocenters. The largest absolute Gasteiger partial charge is 0.482 e. The summed E-state index contributed by atoms with van der Waals surface area (Å²) in [6, 6.07) is 9.52. The number of piperidine rings is 1. The molecule has 0 spiro atoms. The summed E-state index contributed by atoms with van der Waals surface area (Å²) in [6.45, 7) is 0.242. The summed E-state index contributed by atoms with van der Waals surface area (Å²) in [5.41, 5.74) is 4.66. The summed E-state index contributed by atoms with van der Waals surface area (Å²) < 4.78 is 33.7. The molecular weight excluding hydrogens is 416 g/mol. The molecule has 9 heteroatoms. The molecule has 3 N–H and O–H groups in total. The minimum Gasteiger partial charge on any atom is -0.482 e. The van der Waals surface area contributed by atoms with Gasteiger partial charge in [-0.05, 0) is 48.7 Å². The highest BCUT2D eigenvalue weighted by atomic mass is 35.5. The molecule has 6 nitrogen and oxygen atoms in total. The number of carbonyl (C=O) groups is 2. The minimum atomic E-state index is -1.44. The number of hydrogen-bond acceptors (Lipinski definition) is 3. The molecule has 1 aliphatic rings. The fraction of sp³-hybridized carbons (Fsp3) is 0.333. The van der Waals surface area contributed by atoms with E-state index in [1.165, 1.54) is 24.3 Å². The van der Waals surface area contributed by atoms with Gasteiger partial charge in [-0.3, -0.25) is 4.79 Å². The maximum Gasteiger partial charge on any atom is 0.316 e. The van der Waals surface area contributed by atoms with E-state index in [1.54, 1.807) is 23.1 Å². The molecule has 0 aliphatic carbocycles. The van der Waals surface area contributed by atoms with Crippen molar-refractivity contribution >= 4 is 29.2 Å². The van der Waals surface area contributed by atoms with E-state index in [4.69, 9.17) is 22.1 Å². The van der Waals surface area contributed by atoms with E-state index in [1.807, 2.05) is 0 Å². The Morgan fingerprint density at radius 3 is 2.47 bits per heavy atom. The lowest BCUT2D eigenvalue weighted by molar-refractivity contribution is -0.136. The normalized spacial score (nSPS) is 15.5. The molecule has 160 valence electrons. The van der Waals surface area contributed by atoms with Crippen molar-refractivity contribution in [2.45, 2.75) is 24.9 Å². The van der Waals surface area contributed by atoms with Crippen molar-refractivity contribution in [3.05, 3.63) is 58.9 Å². The molecule has 1 saturated heterocycles. The lowest BCUT2D eigenvalue weighted by Crippen LogP contribution is -2.47. The van der Waals surface area contributed by atoms with Gasteiger partial charge in [0, 0.05) is 24.5 Å². The zero-order valence-electron chi connectivity index (χ0n) is 16.2. The number of hydrogen-bond donors (Lipinski definition) is 2. The van der Waals surface area contributed by atoms with Gasteiger partial charge in [0.1, 0.15) is 17.2 Å². The number of nitrogens with one attached hydrogen (secondary N) is 1. The first-order chi connectivity index (χ1) is 14.2. The van der Waals surface area contributed by atoms with Crippen molar-refractivity contribution in [2.75, 3.05) is 25.0 Å². The van der Waals surface area contributed by atoms with Crippen LogP contribution in [0, 0.1) is 5.82 Å². The van der Waals surface area contributed by atoms with E-state index < -0.39 is 11.7 Å². The molecule has 0 aromatic heterocycles. The van der Waals surface area contributed by atoms with Crippen LogP contribution in [0.5, 0.6) is 5.75 Å². The molecule has 1 aliphatic heterocycles. The topological polar surface area (TPSA) is 84.7 Å². The summed E-state index contributed by atoms with van der Waals surface area (Å²) >= 11 is 5.90. The molecule has 2 aromatic carbocycles. The maximum atomic E-state index is 15.1. The first-order valence-corrected chi connectivity index (χ1v) is 9.82. The van der Waals surface area contributed by atoms with Crippen molar-refractivity contribution < 1.29 is 23.1 Å². The Morgan fingerprint density at radius 2 is 1.83 bits per heavy atom. The average molecular weight is 438 g/mol. The van der Waals surface area contributed by atoms with Gasteiger partial charge in [0.15, 0.2) is 6.61 Å². The molecule has 0 unspecified atom stereocenters. The van der Waals surface area contributed by atoms with E-state index in [-0.39, 0.29) is 62.1 Å². The number of anilines is 1. The number of likely N-dealkylation sites (tertiary alicyclic amines) is 1. The Bertz CT molecular complexity index is 916. The highest BCUT2D eigenvalue weighted by Gasteiger charge is 2.36. The van der Waals surface area contributed by atoms with Crippen LogP contribution in [0.1, 0.15) is 18.4 Å². The van der Waals surface area contributed by atoms with Crippen molar-refractivity contribution in [1.82, 2.24) is 4.90 Å². The third-order valence-corrected chi connectivity index (χ3v) is 5.23. The molecule has 0 bridgehead atoms. The highest BCUT2D eigenvalue weighted by Crippen LogP contribution is 2.31. The van der Waals surface area contributed by atoms with Crippen molar-refractivity contribution in [3.8, 4) is 5.75 Å². The predicted octanol–water partition coefficient (Wildman–Crippen LogP) is 3.92. The molecule has 3 rings (SSSR count). The number of amides is 3. The summed E-state index contributed by atoms with van der Waals surface area (Å²) in [4.78, 5) is 25.1. The first-order valence-electron chi connectivity index (χ1n) is 9.44. The van der Waals surface area contributed by atoms with Crippen LogP contribution in [0.4, 0.5) is 19.3 Å². The average Bonchev–Trinajstić information content (AvgIpc) is 2.69. The summed E-state index contributed by atoms with van der Waals surface area (Å²) in [5, 5.41) is 2.76. The fourth-order valence-electron chi connectivity index (χ4n) is 3.39. The smallest absolute Gasteiger partial charge is 0.316 e. The Hall–Kier alpha value is -2.87. The molecule has 0 radical (unpaired) electrons. The SMILES string of the molecule is NC(=O)Nc1cc(Cl)ccc1OCC(=O)N1CCC(F)(Cc2ccc(F)cc2)CC1. The second kappa shape index (κ2) is 9.30. The molecule has 0 saturated carbocycles. The fourth-order valence-corrected chi connectivity index (χ4v) is 3.56. The molecular formula is C21H22ClF2N3O3. The maximum absolute atomic E-state index is 15.1. The predicted molar refractivity (Wildman–Crippen MR) is 110 cm³/mol. The van der Waals surface area contributed by atoms with E-state index in [9.17, 15) is 14.0 Å². The van der Waals surface area contributed by atoms with Crippen LogP contribution in [0.25, 0.3) is 0 Å². The standard InChI is InChI=1S/C21H22ClF2N3O3/c22-15-3-6-18(17(11-15)26-20(25)29)30-13-19(28)27-9-7-21(24,8-10-27)12-14-1-4-16(23)5-2-14/h1-6,11H,7-10,12-13H2,(H3,25,26,29). The van der Waals surface area contributed by atoms with Gasteiger partial charge in [0.25, 0.3) is 5.91 Å². The van der Waals surface area contributed by atoms with Crippen LogP contribution in [0.3, 0.4) is 0 Å². The number of urea groups is 1. The third-order valence-electron chi connectivity index (χ3n) is 5.00.